The first-order valence-corrected chi connectivity index (χ1v) is 15.0. The van der Waals surface area contributed by atoms with Gasteiger partial charge in [-0.2, -0.15) is 0 Å². The molecule has 0 saturated carbocycles. The predicted octanol–water partition coefficient (Wildman–Crippen LogP) is 4.73. The zero-order valence-electron chi connectivity index (χ0n) is 24.1. The molecule has 4 N–H and O–H groups in total. The van der Waals surface area contributed by atoms with E-state index in [1.165, 1.54) is 11.3 Å². The number of aromatic nitrogens is 1. The first kappa shape index (κ1) is 33.7. The molecule has 1 heterocycles. The molecule has 0 aliphatic rings. The van der Waals surface area contributed by atoms with Crippen LogP contribution in [0, 0.1) is 11.8 Å². The standard InChI is InChI=1S/C29H43N5O6S/c1-4-10-25(34(39)20-35)23(15-14-21(2)3)26(36)32-24(27(37)33-28-30-17-18-41-28)13-8-9-16-31-29(38)40-19-22-11-6-5-7-12-22/h5-7,11-12,17-18,20-21,23-25,39H,4,8-10,13-16,19H2,1-3H3,(H,31,38)(H,32,36)(H,30,33,37)/t23-,24+,25+/m1/s1. The van der Waals surface area contributed by atoms with E-state index in [1.807, 2.05) is 51.1 Å². The summed E-state index contributed by atoms with van der Waals surface area (Å²) in [5.74, 6) is -1.18. The van der Waals surface area contributed by atoms with E-state index < -0.39 is 35.9 Å². The van der Waals surface area contributed by atoms with Crippen molar-refractivity contribution in [2.45, 2.75) is 84.4 Å². The summed E-state index contributed by atoms with van der Waals surface area (Å²) in [6.07, 6.45) is 5.04. The van der Waals surface area contributed by atoms with Crippen LogP contribution in [-0.2, 0) is 25.7 Å². The number of hydroxylamine groups is 2. The Hall–Kier alpha value is -3.51. The summed E-state index contributed by atoms with van der Waals surface area (Å²) >= 11 is 1.27. The SMILES string of the molecule is CCC[C@@H]([C@@H](CCC(C)C)C(=O)N[C@@H](CCCCNC(=O)OCc1ccccc1)C(=O)Nc1nccs1)N(O)C=O. The van der Waals surface area contributed by atoms with Crippen molar-refractivity contribution in [3.05, 3.63) is 47.5 Å². The summed E-state index contributed by atoms with van der Waals surface area (Å²) in [5.41, 5.74) is 0.887. The summed E-state index contributed by atoms with van der Waals surface area (Å²) in [5, 5.41) is 21.3. The van der Waals surface area contributed by atoms with Crippen LogP contribution in [0.25, 0.3) is 0 Å². The van der Waals surface area contributed by atoms with Crippen molar-refractivity contribution in [1.29, 1.82) is 0 Å². The highest BCUT2D eigenvalue weighted by Crippen LogP contribution is 2.23. The molecule has 1 aromatic heterocycles. The molecule has 0 aliphatic carbocycles. The highest BCUT2D eigenvalue weighted by molar-refractivity contribution is 7.13. The summed E-state index contributed by atoms with van der Waals surface area (Å²) in [6.45, 7) is 6.51. The lowest BCUT2D eigenvalue weighted by molar-refractivity contribution is -0.169. The topological polar surface area (TPSA) is 150 Å². The van der Waals surface area contributed by atoms with E-state index in [0.717, 1.165) is 5.56 Å². The molecule has 12 heteroatoms. The van der Waals surface area contributed by atoms with E-state index in [1.54, 1.807) is 11.6 Å². The summed E-state index contributed by atoms with van der Waals surface area (Å²) in [7, 11) is 0. The fourth-order valence-electron chi connectivity index (χ4n) is 4.37. The van der Waals surface area contributed by atoms with Gasteiger partial charge in [-0.1, -0.05) is 63.9 Å². The van der Waals surface area contributed by atoms with Gasteiger partial charge in [-0.3, -0.25) is 19.6 Å². The largest absolute Gasteiger partial charge is 0.445 e. The molecular formula is C29H43N5O6S. The second kappa shape index (κ2) is 18.8. The molecule has 4 amide bonds. The van der Waals surface area contributed by atoms with Gasteiger partial charge in [0.2, 0.25) is 18.2 Å². The number of benzene rings is 1. The number of hydrogen-bond acceptors (Lipinski definition) is 8. The van der Waals surface area contributed by atoms with Gasteiger partial charge in [0.05, 0.1) is 12.0 Å². The molecule has 2 rings (SSSR count). The van der Waals surface area contributed by atoms with Gasteiger partial charge in [0.15, 0.2) is 5.13 Å². The van der Waals surface area contributed by atoms with Crippen LogP contribution in [0.3, 0.4) is 0 Å². The van der Waals surface area contributed by atoms with Gasteiger partial charge in [-0.05, 0) is 43.6 Å². The van der Waals surface area contributed by atoms with Crippen molar-refractivity contribution >= 4 is 40.8 Å². The van der Waals surface area contributed by atoms with E-state index in [0.29, 0.717) is 74.0 Å². The maximum absolute atomic E-state index is 13.5. The van der Waals surface area contributed by atoms with Crippen LogP contribution in [0.15, 0.2) is 41.9 Å². The molecule has 1 aromatic carbocycles. The van der Waals surface area contributed by atoms with Crippen molar-refractivity contribution in [3.8, 4) is 0 Å². The zero-order valence-corrected chi connectivity index (χ0v) is 24.9. The van der Waals surface area contributed by atoms with Crippen LogP contribution in [0.1, 0.15) is 71.3 Å². The smallest absolute Gasteiger partial charge is 0.407 e. The van der Waals surface area contributed by atoms with E-state index in [2.05, 4.69) is 20.9 Å². The maximum atomic E-state index is 13.5. The molecule has 0 bridgehead atoms. The number of hydrogen-bond donors (Lipinski definition) is 4. The fourth-order valence-corrected chi connectivity index (χ4v) is 4.90. The third-order valence-electron chi connectivity index (χ3n) is 6.59. The Morgan fingerprint density at radius 3 is 2.46 bits per heavy atom. The average Bonchev–Trinajstić information content (AvgIpc) is 3.47. The Morgan fingerprint density at radius 2 is 1.83 bits per heavy atom. The van der Waals surface area contributed by atoms with E-state index in [-0.39, 0.29) is 6.61 Å². The van der Waals surface area contributed by atoms with Gasteiger partial charge in [0.1, 0.15) is 12.6 Å². The first-order chi connectivity index (χ1) is 19.7. The van der Waals surface area contributed by atoms with Crippen LogP contribution in [0.5, 0.6) is 0 Å². The van der Waals surface area contributed by atoms with Crippen molar-refractivity contribution in [3.63, 3.8) is 0 Å². The minimum atomic E-state index is -0.872. The second-order valence-corrected chi connectivity index (χ2v) is 11.2. The highest BCUT2D eigenvalue weighted by atomic mass is 32.1. The lowest BCUT2D eigenvalue weighted by Gasteiger charge is -2.31. The molecule has 2 aromatic rings. The van der Waals surface area contributed by atoms with E-state index in [9.17, 15) is 24.4 Å². The van der Waals surface area contributed by atoms with Crippen LogP contribution in [0.2, 0.25) is 0 Å². The van der Waals surface area contributed by atoms with Gasteiger partial charge >= 0.3 is 6.09 Å². The number of anilines is 1. The molecule has 41 heavy (non-hydrogen) atoms. The van der Waals surface area contributed by atoms with Crippen LogP contribution < -0.4 is 16.0 Å². The van der Waals surface area contributed by atoms with E-state index in [4.69, 9.17) is 4.74 Å². The van der Waals surface area contributed by atoms with Gasteiger partial charge < -0.3 is 20.7 Å². The zero-order chi connectivity index (χ0) is 30.0. The minimum Gasteiger partial charge on any atom is -0.445 e. The number of amides is 4. The van der Waals surface area contributed by atoms with Gasteiger partial charge in [-0.25, -0.2) is 14.8 Å². The Balaban J connectivity index is 2.00. The quantitative estimate of drug-likeness (QED) is 0.0801. The molecule has 0 aliphatic heterocycles. The van der Waals surface area contributed by atoms with Crippen molar-refractivity contribution in [2.75, 3.05) is 11.9 Å². The normalized spacial score (nSPS) is 13.1. The lowest BCUT2D eigenvalue weighted by Crippen LogP contribution is -2.51. The van der Waals surface area contributed by atoms with Gasteiger partial charge in [-0.15, -0.1) is 11.3 Å². The fraction of sp³-hybridized carbons (Fsp3) is 0.552. The number of rotatable bonds is 19. The number of carbonyl (C=O) groups is 4. The minimum absolute atomic E-state index is 0.171. The molecule has 0 radical (unpaired) electrons. The monoisotopic (exact) mass is 589 g/mol. The molecule has 226 valence electrons. The average molecular weight is 590 g/mol. The Bertz CT molecular complexity index is 1050. The summed E-state index contributed by atoms with van der Waals surface area (Å²) < 4.78 is 5.22. The molecule has 0 saturated heterocycles. The Labute approximate surface area is 246 Å². The molecule has 0 spiro atoms. The number of alkyl carbamates (subject to hydrolysis) is 1. The number of nitrogens with zero attached hydrogens (tertiary/aromatic N) is 2. The first-order valence-electron chi connectivity index (χ1n) is 14.1. The highest BCUT2D eigenvalue weighted by Gasteiger charge is 2.34. The second-order valence-electron chi connectivity index (χ2n) is 10.3. The Morgan fingerprint density at radius 1 is 1.07 bits per heavy atom. The number of nitrogens with one attached hydrogen (secondary N) is 3. The van der Waals surface area contributed by atoms with Gasteiger partial charge in [0, 0.05) is 18.1 Å². The van der Waals surface area contributed by atoms with Crippen molar-refractivity contribution in [2.24, 2.45) is 11.8 Å². The summed E-state index contributed by atoms with van der Waals surface area (Å²) in [4.78, 5) is 54.2. The lowest BCUT2D eigenvalue weighted by atomic mass is 9.87. The number of ether oxygens (including phenoxy) is 1. The molecule has 11 nitrogen and oxygen atoms in total. The number of carbonyl (C=O) groups excluding carboxylic acids is 4. The molecular weight excluding hydrogens is 546 g/mol. The van der Waals surface area contributed by atoms with Crippen LogP contribution in [-0.4, -0.2) is 58.2 Å². The number of thiazole rings is 1. The maximum Gasteiger partial charge on any atom is 0.407 e. The third kappa shape index (κ3) is 12.7. The molecule has 0 fully saturated rings. The molecule has 3 atom stereocenters. The van der Waals surface area contributed by atoms with Crippen molar-refractivity contribution < 1.29 is 29.1 Å². The third-order valence-corrected chi connectivity index (χ3v) is 7.27. The van der Waals surface area contributed by atoms with E-state index >= 15 is 0 Å². The summed E-state index contributed by atoms with van der Waals surface area (Å²) in [6, 6.07) is 7.79. The van der Waals surface area contributed by atoms with Crippen molar-refractivity contribution in [1.82, 2.24) is 20.7 Å². The Kier molecular flexibility index (Phi) is 15.4. The van der Waals surface area contributed by atoms with Crippen LogP contribution in [0.4, 0.5) is 9.93 Å². The van der Waals surface area contributed by atoms with Gasteiger partial charge in [0.25, 0.3) is 0 Å². The number of unbranched alkanes of at least 4 members (excludes halogenated alkanes) is 1. The predicted molar refractivity (Wildman–Crippen MR) is 157 cm³/mol. The molecule has 0 unspecified atom stereocenters. The van der Waals surface area contributed by atoms with Crippen LogP contribution >= 0.6 is 11.3 Å².